The molecule has 0 aliphatic carbocycles. The number of carbonyl (C=O) groups is 4. The number of rotatable bonds is 13. The molecule has 0 fully saturated rings. The molecule has 13 heteroatoms. The first-order chi connectivity index (χ1) is 14.6. The van der Waals surface area contributed by atoms with Crippen LogP contribution >= 0.6 is 12.6 Å². The number of imidazole rings is 1. The highest BCUT2D eigenvalue weighted by Crippen LogP contribution is 2.09. The van der Waals surface area contributed by atoms with Crippen LogP contribution in [0.1, 0.15) is 26.0 Å². The lowest BCUT2D eigenvalue weighted by Crippen LogP contribution is -2.59. The Kier molecular flexibility index (Phi) is 11.0. The van der Waals surface area contributed by atoms with Gasteiger partial charge in [-0.3, -0.25) is 14.4 Å². The van der Waals surface area contributed by atoms with Crippen molar-refractivity contribution in [3.63, 3.8) is 0 Å². The number of nitrogens with one attached hydrogen (secondary N) is 4. The molecule has 5 unspecified atom stereocenters. The molecule has 12 nitrogen and oxygen atoms in total. The van der Waals surface area contributed by atoms with Gasteiger partial charge in [-0.15, -0.1) is 0 Å². The number of carbonyl (C=O) groups excluding carboxylic acids is 3. The minimum atomic E-state index is -1.22. The largest absolute Gasteiger partial charge is 0.480 e. The molecular weight excluding hydrogens is 428 g/mol. The minimum Gasteiger partial charge on any atom is -0.480 e. The number of aromatic amines is 1. The third-order valence-corrected chi connectivity index (χ3v) is 5.10. The summed E-state index contributed by atoms with van der Waals surface area (Å²) in [4.78, 5) is 55.6. The van der Waals surface area contributed by atoms with Gasteiger partial charge in [0, 0.05) is 24.1 Å². The Balaban J connectivity index is 2.98. The maximum absolute atomic E-state index is 12.8. The van der Waals surface area contributed by atoms with Crippen molar-refractivity contribution in [3.05, 3.63) is 18.2 Å². The molecule has 5 atom stereocenters. The lowest BCUT2D eigenvalue weighted by Gasteiger charge is -2.26. The van der Waals surface area contributed by atoms with E-state index in [1.165, 1.54) is 12.5 Å². The molecule has 174 valence electrons. The first kappa shape index (κ1) is 26.4. The van der Waals surface area contributed by atoms with Crippen molar-refractivity contribution >= 4 is 36.3 Å². The van der Waals surface area contributed by atoms with Gasteiger partial charge in [-0.25, -0.2) is 9.78 Å². The molecule has 0 bridgehead atoms. The second kappa shape index (κ2) is 12.9. The van der Waals surface area contributed by atoms with E-state index in [4.69, 9.17) is 10.8 Å². The summed E-state index contributed by atoms with van der Waals surface area (Å²) >= 11 is 4.04. The third-order valence-electron chi connectivity index (χ3n) is 4.74. The van der Waals surface area contributed by atoms with Crippen LogP contribution in [0.25, 0.3) is 0 Å². The lowest BCUT2D eigenvalue weighted by atomic mass is 9.98. The second-order valence-corrected chi connectivity index (χ2v) is 7.45. The van der Waals surface area contributed by atoms with Crippen LogP contribution in [0.4, 0.5) is 0 Å². The van der Waals surface area contributed by atoms with Gasteiger partial charge in [-0.1, -0.05) is 20.3 Å². The molecule has 0 aliphatic heterocycles. The molecule has 0 radical (unpaired) electrons. The van der Waals surface area contributed by atoms with Crippen LogP contribution in [0.2, 0.25) is 0 Å². The molecule has 8 N–H and O–H groups in total. The van der Waals surface area contributed by atoms with E-state index in [2.05, 4.69) is 38.5 Å². The zero-order valence-corrected chi connectivity index (χ0v) is 18.3. The van der Waals surface area contributed by atoms with Crippen molar-refractivity contribution in [3.8, 4) is 0 Å². The van der Waals surface area contributed by atoms with E-state index < -0.39 is 54.5 Å². The number of H-pyrrole nitrogens is 1. The maximum Gasteiger partial charge on any atom is 0.326 e. The molecule has 31 heavy (non-hydrogen) atoms. The first-order valence-electron chi connectivity index (χ1n) is 9.72. The highest BCUT2D eigenvalue weighted by atomic mass is 32.1. The Labute approximate surface area is 185 Å². The number of thiol groups is 1. The van der Waals surface area contributed by atoms with Crippen LogP contribution in [0.5, 0.6) is 0 Å². The van der Waals surface area contributed by atoms with Crippen molar-refractivity contribution in [2.45, 2.75) is 50.9 Å². The van der Waals surface area contributed by atoms with Crippen molar-refractivity contribution < 1.29 is 29.4 Å². The number of nitrogens with zero attached hydrogens (tertiary/aromatic N) is 1. The smallest absolute Gasteiger partial charge is 0.326 e. The Bertz CT molecular complexity index is 746. The quantitative estimate of drug-likeness (QED) is 0.152. The van der Waals surface area contributed by atoms with Gasteiger partial charge < -0.3 is 36.9 Å². The standard InChI is InChI=1S/C18H30N6O6S/c1-3-9(2)14(18(29)30)24-16(27)12(4-10-5-20-8-21-10)22-17(28)13(7-31)23-15(26)11(19)6-25/h5,8-9,11-14,25,31H,3-4,6-7,19H2,1-2H3,(H,20,21)(H,22,28)(H,23,26)(H,24,27)(H,29,30). The number of amides is 3. The fourth-order valence-electron chi connectivity index (χ4n) is 2.59. The predicted octanol–water partition coefficient (Wildman–Crippen LogP) is -2.21. The molecule has 0 saturated carbocycles. The summed E-state index contributed by atoms with van der Waals surface area (Å²) in [6.45, 7) is 2.88. The van der Waals surface area contributed by atoms with Gasteiger partial charge in [-0.2, -0.15) is 12.6 Å². The number of hydrogen-bond donors (Lipinski definition) is 8. The molecule has 1 rings (SSSR count). The summed E-state index contributed by atoms with van der Waals surface area (Å²) in [5, 5.41) is 25.7. The second-order valence-electron chi connectivity index (χ2n) is 7.08. The molecule has 3 amide bonds. The van der Waals surface area contributed by atoms with E-state index in [-0.39, 0.29) is 18.1 Å². The Morgan fingerprint density at radius 2 is 1.77 bits per heavy atom. The summed E-state index contributed by atoms with van der Waals surface area (Å²) in [6, 6.07) is -4.63. The number of carboxylic acid groups (broad SMARTS) is 1. The number of aliphatic carboxylic acids is 1. The summed E-state index contributed by atoms with van der Waals surface area (Å²) in [5.74, 6) is -3.80. The average molecular weight is 459 g/mol. The van der Waals surface area contributed by atoms with E-state index in [9.17, 15) is 24.3 Å². The Morgan fingerprint density at radius 1 is 1.16 bits per heavy atom. The first-order valence-corrected chi connectivity index (χ1v) is 10.4. The molecule has 0 spiro atoms. The van der Waals surface area contributed by atoms with Crippen LogP contribution in [-0.2, 0) is 25.6 Å². The predicted molar refractivity (Wildman–Crippen MR) is 114 cm³/mol. The van der Waals surface area contributed by atoms with Gasteiger partial charge in [0.15, 0.2) is 0 Å². The topological polar surface area (TPSA) is 200 Å². The normalized spacial score (nSPS) is 15.8. The minimum absolute atomic E-state index is 0.00775. The van der Waals surface area contributed by atoms with E-state index in [1.54, 1.807) is 13.8 Å². The van der Waals surface area contributed by atoms with Crippen molar-refractivity contribution in [2.75, 3.05) is 12.4 Å². The highest BCUT2D eigenvalue weighted by molar-refractivity contribution is 7.80. The number of carboxylic acids is 1. The van der Waals surface area contributed by atoms with E-state index in [1.807, 2.05) is 0 Å². The lowest BCUT2D eigenvalue weighted by molar-refractivity contribution is -0.143. The average Bonchev–Trinajstić information content (AvgIpc) is 3.26. The Hall–Kier alpha value is -2.64. The van der Waals surface area contributed by atoms with Crippen molar-refractivity contribution in [1.29, 1.82) is 0 Å². The van der Waals surface area contributed by atoms with Gasteiger partial charge >= 0.3 is 5.97 Å². The van der Waals surface area contributed by atoms with Crippen LogP contribution in [0, 0.1) is 5.92 Å². The van der Waals surface area contributed by atoms with Crippen LogP contribution in [-0.4, -0.2) is 80.4 Å². The van der Waals surface area contributed by atoms with E-state index >= 15 is 0 Å². The molecular formula is C18H30N6O6S. The van der Waals surface area contributed by atoms with Gasteiger partial charge in [0.05, 0.1) is 12.9 Å². The fraction of sp³-hybridized carbons (Fsp3) is 0.611. The maximum atomic E-state index is 12.8. The molecule has 0 aromatic carbocycles. The van der Waals surface area contributed by atoms with Gasteiger partial charge in [0.2, 0.25) is 17.7 Å². The molecule has 0 saturated heterocycles. The van der Waals surface area contributed by atoms with E-state index in [0.717, 1.165) is 0 Å². The Morgan fingerprint density at radius 3 is 2.26 bits per heavy atom. The van der Waals surface area contributed by atoms with Crippen LogP contribution in [0.3, 0.4) is 0 Å². The van der Waals surface area contributed by atoms with Gasteiger partial charge in [0.25, 0.3) is 0 Å². The molecule has 1 aromatic heterocycles. The molecule has 0 aliphatic rings. The summed E-state index contributed by atoms with van der Waals surface area (Å²) in [6.07, 6.45) is 3.40. The molecule has 1 aromatic rings. The van der Waals surface area contributed by atoms with Gasteiger partial charge in [-0.05, 0) is 5.92 Å². The SMILES string of the molecule is CCC(C)C(NC(=O)C(Cc1cnc[nH]1)NC(=O)C(CS)NC(=O)C(N)CO)C(=O)O. The monoisotopic (exact) mass is 458 g/mol. The summed E-state index contributed by atoms with van der Waals surface area (Å²) in [5.41, 5.74) is 5.97. The summed E-state index contributed by atoms with van der Waals surface area (Å²) < 4.78 is 0. The number of nitrogens with two attached hydrogens (primary N) is 1. The molecule has 1 heterocycles. The van der Waals surface area contributed by atoms with Crippen molar-refractivity contribution in [2.24, 2.45) is 11.7 Å². The van der Waals surface area contributed by atoms with Crippen LogP contribution < -0.4 is 21.7 Å². The third kappa shape index (κ3) is 8.19. The highest BCUT2D eigenvalue weighted by Gasteiger charge is 2.31. The van der Waals surface area contributed by atoms with E-state index in [0.29, 0.717) is 12.1 Å². The van der Waals surface area contributed by atoms with Gasteiger partial charge in [0.1, 0.15) is 24.2 Å². The number of hydrogen-bond acceptors (Lipinski definition) is 8. The van der Waals surface area contributed by atoms with Crippen molar-refractivity contribution in [1.82, 2.24) is 25.9 Å². The zero-order chi connectivity index (χ0) is 23.6. The fourth-order valence-corrected chi connectivity index (χ4v) is 2.85. The zero-order valence-electron chi connectivity index (χ0n) is 17.4. The number of aliphatic hydroxyl groups is 1. The number of aliphatic hydroxyl groups excluding tert-OH is 1. The van der Waals surface area contributed by atoms with Crippen LogP contribution in [0.15, 0.2) is 12.5 Å². The summed E-state index contributed by atoms with van der Waals surface area (Å²) in [7, 11) is 0. The number of aromatic nitrogens is 2.